The van der Waals surface area contributed by atoms with Crippen LogP contribution in [0.4, 0.5) is 0 Å². The molecule has 1 aromatic carbocycles. The molecule has 106 valence electrons. The lowest BCUT2D eigenvalue weighted by molar-refractivity contribution is -0.124. The number of nitrogens with one attached hydrogen (secondary N) is 1. The van der Waals surface area contributed by atoms with Crippen molar-refractivity contribution in [1.29, 1.82) is 0 Å². The average Bonchev–Trinajstić information content (AvgIpc) is 2.71. The molecule has 0 unspecified atom stereocenters. The highest BCUT2D eigenvalue weighted by molar-refractivity contribution is 6.08. The largest absolute Gasteiger partial charge is 0.296 e. The van der Waals surface area contributed by atoms with Gasteiger partial charge >= 0.3 is 0 Å². The smallest absolute Gasteiger partial charge is 0.250 e. The summed E-state index contributed by atoms with van der Waals surface area (Å²) in [6, 6.07) is 7.98. The molecule has 1 aliphatic rings. The van der Waals surface area contributed by atoms with Crippen LogP contribution in [-0.2, 0) is 16.0 Å². The lowest BCUT2D eigenvalue weighted by Gasteiger charge is -2.13. The van der Waals surface area contributed by atoms with Crippen LogP contribution in [0, 0.1) is 0 Å². The first-order valence-electron chi connectivity index (χ1n) is 6.67. The summed E-state index contributed by atoms with van der Waals surface area (Å²) in [6.45, 7) is 4.34. The van der Waals surface area contributed by atoms with Gasteiger partial charge in [0, 0.05) is 7.05 Å². The number of aliphatic imine (C=N–C) groups is 1. The van der Waals surface area contributed by atoms with Gasteiger partial charge in [0.2, 0.25) is 11.9 Å². The molecule has 0 saturated carbocycles. The molecule has 2 amide bonds. The van der Waals surface area contributed by atoms with Gasteiger partial charge in [-0.05, 0) is 17.0 Å². The van der Waals surface area contributed by atoms with Crippen molar-refractivity contribution in [1.82, 2.24) is 10.2 Å². The van der Waals surface area contributed by atoms with Crippen molar-refractivity contribution in [2.75, 3.05) is 13.6 Å². The molecule has 5 heteroatoms. The van der Waals surface area contributed by atoms with E-state index in [1.807, 2.05) is 18.2 Å². The summed E-state index contributed by atoms with van der Waals surface area (Å²) < 4.78 is 0. The Kier molecular flexibility index (Phi) is 4.17. The molecule has 0 spiro atoms. The van der Waals surface area contributed by atoms with Crippen molar-refractivity contribution < 1.29 is 9.59 Å². The van der Waals surface area contributed by atoms with Gasteiger partial charge in [-0.2, -0.15) is 0 Å². The van der Waals surface area contributed by atoms with Crippen molar-refractivity contribution in [3.63, 3.8) is 0 Å². The maximum atomic E-state index is 12.0. The summed E-state index contributed by atoms with van der Waals surface area (Å²) in [7, 11) is 1.60. The van der Waals surface area contributed by atoms with Gasteiger partial charge < -0.3 is 0 Å². The third-order valence-electron chi connectivity index (χ3n) is 3.29. The lowest BCUT2D eigenvalue weighted by atomic mass is 10.00. The fourth-order valence-corrected chi connectivity index (χ4v) is 2.01. The molecule has 1 N–H and O–H groups in total. The Hall–Kier alpha value is -2.17. The molecule has 1 aliphatic heterocycles. The van der Waals surface area contributed by atoms with E-state index in [4.69, 9.17) is 0 Å². The number of rotatable bonds is 3. The monoisotopic (exact) mass is 273 g/mol. The van der Waals surface area contributed by atoms with E-state index < -0.39 is 0 Å². The van der Waals surface area contributed by atoms with Crippen LogP contribution >= 0.6 is 0 Å². The van der Waals surface area contributed by atoms with Crippen molar-refractivity contribution >= 4 is 17.8 Å². The number of benzene rings is 1. The first-order valence-corrected chi connectivity index (χ1v) is 6.67. The molecule has 20 heavy (non-hydrogen) atoms. The second-order valence-electron chi connectivity index (χ2n) is 5.22. The standard InChI is InChI=1S/C15H19N3O2/c1-10(2)12-6-4-5-11(7-12)8-13(19)17-15-16-9-14(20)18(15)3/h4-7,10H,8-9H2,1-3H3,(H,16,17,19). The molecule has 5 nitrogen and oxygen atoms in total. The summed E-state index contributed by atoms with van der Waals surface area (Å²) in [4.78, 5) is 28.6. The Morgan fingerprint density at radius 2 is 2.20 bits per heavy atom. The lowest BCUT2D eigenvalue weighted by Crippen LogP contribution is -2.41. The molecular weight excluding hydrogens is 254 g/mol. The van der Waals surface area contributed by atoms with E-state index in [9.17, 15) is 9.59 Å². The predicted molar refractivity (Wildman–Crippen MR) is 77.4 cm³/mol. The maximum absolute atomic E-state index is 12.0. The van der Waals surface area contributed by atoms with Gasteiger partial charge in [-0.1, -0.05) is 38.1 Å². The van der Waals surface area contributed by atoms with Crippen molar-refractivity contribution in [2.24, 2.45) is 4.99 Å². The molecule has 0 radical (unpaired) electrons. The first kappa shape index (κ1) is 14.2. The van der Waals surface area contributed by atoms with Crippen LogP contribution in [0.5, 0.6) is 0 Å². The summed E-state index contributed by atoms with van der Waals surface area (Å²) in [5.41, 5.74) is 2.17. The van der Waals surface area contributed by atoms with E-state index in [1.165, 1.54) is 10.5 Å². The summed E-state index contributed by atoms with van der Waals surface area (Å²) in [5.74, 6) is 0.495. The van der Waals surface area contributed by atoms with Crippen LogP contribution in [0.1, 0.15) is 30.9 Å². The summed E-state index contributed by atoms with van der Waals surface area (Å²) >= 11 is 0. The average molecular weight is 273 g/mol. The minimum atomic E-state index is -0.161. The van der Waals surface area contributed by atoms with Gasteiger partial charge in [0.1, 0.15) is 6.54 Å². The van der Waals surface area contributed by atoms with Crippen molar-refractivity contribution in [2.45, 2.75) is 26.2 Å². The van der Waals surface area contributed by atoms with Gasteiger partial charge in [-0.3, -0.25) is 19.8 Å². The number of hydrogen-bond acceptors (Lipinski definition) is 3. The Morgan fingerprint density at radius 1 is 1.45 bits per heavy atom. The topological polar surface area (TPSA) is 61.8 Å². The molecule has 0 saturated heterocycles. The second-order valence-corrected chi connectivity index (χ2v) is 5.22. The van der Waals surface area contributed by atoms with Crippen LogP contribution in [0.25, 0.3) is 0 Å². The zero-order chi connectivity index (χ0) is 14.7. The van der Waals surface area contributed by atoms with Crippen molar-refractivity contribution in [3.05, 3.63) is 35.4 Å². The van der Waals surface area contributed by atoms with E-state index in [1.54, 1.807) is 7.05 Å². The molecule has 0 aliphatic carbocycles. The first-order chi connectivity index (χ1) is 9.47. The number of amides is 2. The van der Waals surface area contributed by atoms with Gasteiger partial charge in [0.15, 0.2) is 0 Å². The van der Waals surface area contributed by atoms with Gasteiger partial charge in [0.05, 0.1) is 6.42 Å². The van der Waals surface area contributed by atoms with Gasteiger partial charge in [-0.25, -0.2) is 4.99 Å². The van der Waals surface area contributed by atoms with E-state index in [-0.39, 0.29) is 24.8 Å². The molecule has 1 aromatic rings. The molecule has 0 atom stereocenters. The highest BCUT2D eigenvalue weighted by Gasteiger charge is 2.22. The van der Waals surface area contributed by atoms with Crippen LogP contribution < -0.4 is 5.32 Å². The zero-order valence-corrected chi connectivity index (χ0v) is 12.0. The Bertz CT molecular complexity index is 564. The SMILES string of the molecule is CC(C)c1cccc(CC(=O)NC2=NCC(=O)N2C)c1. The molecule has 0 aromatic heterocycles. The van der Waals surface area contributed by atoms with Gasteiger partial charge in [0.25, 0.3) is 5.91 Å². The predicted octanol–water partition coefficient (Wildman–Crippen LogP) is 1.30. The van der Waals surface area contributed by atoms with E-state index in [0.717, 1.165) is 5.56 Å². The third-order valence-corrected chi connectivity index (χ3v) is 3.29. The molecule has 1 heterocycles. The third kappa shape index (κ3) is 3.23. The number of nitrogens with zero attached hydrogens (tertiary/aromatic N) is 2. The fraction of sp³-hybridized carbons (Fsp3) is 0.400. The van der Waals surface area contributed by atoms with Crippen LogP contribution in [0.2, 0.25) is 0 Å². The Balaban J connectivity index is 1.98. The highest BCUT2D eigenvalue weighted by atomic mass is 16.2. The quantitative estimate of drug-likeness (QED) is 0.902. The van der Waals surface area contributed by atoms with Crippen LogP contribution in [-0.4, -0.2) is 36.3 Å². The molecular formula is C15H19N3O2. The molecule has 0 bridgehead atoms. The fourth-order valence-electron chi connectivity index (χ4n) is 2.01. The second kappa shape index (κ2) is 5.86. The summed E-state index contributed by atoms with van der Waals surface area (Å²) in [6.07, 6.45) is 0.279. The van der Waals surface area contributed by atoms with Crippen LogP contribution in [0.3, 0.4) is 0 Å². The maximum Gasteiger partial charge on any atom is 0.250 e. The summed E-state index contributed by atoms with van der Waals surface area (Å²) in [5, 5.41) is 2.67. The molecule has 0 fully saturated rings. The number of carbonyl (C=O) groups is 2. The number of hydrogen-bond donors (Lipinski definition) is 1. The van der Waals surface area contributed by atoms with Gasteiger partial charge in [-0.15, -0.1) is 0 Å². The highest BCUT2D eigenvalue weighted by Crippen LogP contribution is 2.15. The Morgan fingerprint density at radius 3 is 2.80 bits per heavy atom. The van der Waals surface area contributed by atoms with E-state index in [0.29, 0.717) is 11.9 Å². The van der Waals surface area contributed by atoms with E-state index in [2.05, 4.69) is 30.2 Å². The minimum absolute atomic E-state index is 0.106. The normalized spacial score (nSPS) is 14.7. The number of carbonyl (C=O) groups excluding carboxylic acids is 2. The Labute approximate surface area is 118 Å². The number of guanidine groups is 1. The molecule has 2 rings (SSSR count). The minimum Gasteiger partial charge on any atom is -0.296 e. The zero-order valence-electron chi connectivity index (χ0n) is 12.0. The van der Waals surface area contributed by atoms with E-state index >= 15 is 0 Å². The number of likely N-dealkylation sites (N-methyl/N-ethyl adjacent to an activating group) is 1. The van der Waals surface area contributed by atoms with Crippen molar-refractivity contribution in [3.8, 4) is 0 Å². The van der Waals surface area contributed by atoms with Crippen LogP contribution in [0.15, 0.2) is 29.3 Å².